The minimum atomic E-state index is -0.110. The third-order valence-corrected chi connectivity index (χ3v) is 4.71. The van der Waals surface area contributed by atoms with E-state index < -0.39 is 0 Å². The number of para-hydroxylation sites is 1. The minimum absolute atomic E-state index is 0.110. The Morgan fingerprint density at radius 3 is 2.55 bits per heavy atom. The quantitative estimate of drug-likeness (QED) is 0.845. The van der Waals surface area contributed by atoms with Crippen LogP contribution in [0.25, 0.3) is 0 Å². The summed E-state index contributed by atoms with van der Waals surface area (Å²) in [5.41, 5.74) is 1.28. The Morgan fingerprint density at radius 1 is 1.15 bits per heavy atom. The van der Waals surface area contributed by atoms with Gasteiger partial charge in [-0.05, 0) is 44.2 Å². The maximum atomic E-state index is 10.3. The molecule has 0 saturated heterocycles. The summed E-state index contributed by atoms with van der Waals surface area (Å²) in [5, 5.41) is 10.3. The molecule has 0 aliphatic heterocycles. The van der Waals surface area contributed by atoms with E-state index in [1.807, 2.05) is 0 Å². The molecule has 2 nitrogen and oxygen atoms in total. The van der Waals surface area contributed by atoms with E-state index in [4.69, 9.17) is 0 Å². The summed E-state index contributed by atoms with van der Waals surface area (Å²) >= 11 is 0. The van der Waals surface area contributed by atoms with Crippen LogP contribution >= 0.6 is 0 Å². The fourth-order valence-corrected chi connectivity index (χ4v) is 3.55. The molecule has 2 heteroatoms. The molecule has 1 aliphatic rings. The summed E-state index contributed by atoms with van der Waals surface area (Å²) in [7, 11) is 0. The van der Waals surface area contributed by atoms with E-state index in [1.54, 1.807) is 0 Å². The van der Waals surface area contributed by atoms with E-state index in [0.29, 0.717) is 5.92 Å². The Labute approximate surface area is 123 Å². The Kier molecular flexibility index (Phi) is 5.90. The molecule has 112 valence electrons. The number of aliphatic hydroxyl groups is 1. The third kappa shape index (κ3) is 3.99. The van der Waals surface area contributed by atoms with Gasteiger partial charge in [0.25, 0.3) is 0 Å². The van der Waals surface area contributed by atoms with Crippen LogP contribution in [0.3, 0.4) is 0 Å². The third-order valence-electron chi connectivity index (χ3n) is 4.71. The first-order chi connectivity index (χ1) is 9.74. The van der Waals surface area contributed by atoms with Gasteiger partial charge in [-0.1, -0.05) is 38.0 Å². The van der Waals surface area contributed by atoms with E-state index in [1.165, 1.54) is 31.4 Å². The second-order valence-electron chi connectivity index (χ2n) is 6.17. The van der Waals surface area contributed by atoms with Crippen LogP contribution in [0.2, 0.25) is 0 Å². The lowest BCUT2D eigenvalue weighted by atomic mass is 9.77. The van der Waals surface area contributed by atoms with Crippen molar-refractivity contribution in [3.63, 3.8) is 0 Å². The molecule has 2 rings (SSSR count). The molecule has 20 heavy (non-hydrogen) atoms. The first-order valence-electron chi connectivity index (χ1n) is 8.22. The van der Waals surface area contributed by atoms with E-state index in [2.05, 4.69) is 49.1 Å². The van der Waals surface area contributed by atoms with Crippen LogP contribution in [0.4, 0.5) is 5.69 Å². The van der Waals surface area contributed by atoms with E-state index >= 15 is 0 Å². The number of benzene rings is 1. The normalized spacial score (nSPS) is 26.4. The molecule has 1 aromatic carbocycles. The molecule has 1 saturated carbocycles. The molecule has 0 heterocycles. The lowest BCUT2D eigenvalue weighted by molar-refractivity contribution is 0.0495. The van der Waals surface area contributed by atoms with Crippen molar-refractivity contribution in [2.24, 2.45) is 11.8 Å². The molecule has 1 fully saturated rings. The lowest BCUT2D eigenvalue weighted by Crippen LogP contribution is -2.39. The maximum Gasteiger partial charge on any atom is 0.0585 e. The monoisotopic (exact) mass is 275 g/mol. The highest BCUT2D eigenvalue weighted by Gasteiger charge is 2.29. The zero-order valence-corrected chi connectivity index (χ0v) is 13.0. The van der Waals surface area contributed by atoms with Gasteiger partial charge in [0.05, 0.1) is 6.10 Å². The second kappa shape index (κ2) is 7.68. The zero-order valence-electron chi connectivity index (χ0n) is 13.0. The van der Waals surface area contributed by atoms with Crippen molar-refractivity contribution in [1.29, 1.82) is 0 Å². The van der Waals surface area contributed by atoms with Crippen LogP contribution in [0.5, 0.6) is 0 Å². The highest BCUT2D eigenvalue weighted by atomic mass is 16.3. The average Bonchev–Trinajstić information content (AvgIpc) is 2.49. The SMILES string of the molecule is CCCC1CCC(O)C(CN(CC)c2ccccc2)C1. The van der Waals surface area contributed by atoms with Crippen LogP contribution in [0, 0.1) is 11.8 Å². The smallest absolute Gasteiger partial charge is 0.0585 e. The van der Waals surface area contributed by atoms with Gasteiger partial charge in [-0.15, -0.1) is 0 Å². The van der Waals surface area contributed by atoms with Gasteiger partial charge in [-0.25, -0.2) is 0 Å². The predicted molar refractivity (Wildman–Crippen MR) is 86.1 cm³/mol. The number of nitrogens with zero attached hydrogens (tertiary/aromatic N) is 1. The lowest BCUT2D eigenvalue weighted by Gasteiger charge is -2.37. The Balaban J connectivity index is 1.98. The summed E-state index contributed by atoms with van der Waals surface area (Å²) in [6.07, 6.45) is 5.87. The number of rotatable bonds is 6. The molecule has 1 aliphatic carbocycles. The van der Waals surface area contributed by atoms with Gasteiger partial charge < -0.3 is 10.0 Å². The molecular formula is C18H29NO. The Hall–Kier alpha value is -1.02. The number of hydrogen-bond donors (Lipinski definition) is 1. The van der Waals surface area contributed by atoms with E-state index in [0.717, 1.165) is 25.4 Å². The fourth-order valence-electron chi connectivity index (χ4n) is 3.55. The van der Waals surface area contributed by atoms with E-state index in [9.17, 15) is 5.11 Å². The molecule has 1 aromatic rings. The van der Waals surface area contributed by atoms with Crippen LogP contribution in [-0.2, 0) is 0 Å². The average molecular weight is 275 g/mol. The highest BCUT2D eigenvalue weighted by Crippen LogP contribution is 2.33. The summed E-state index contributed by atoms with van der Waals surface area (Å²) in [6.45, 7) is 6.46. The number of anilines is 1. The zero-order chi connectivity index (χ0) is 14.4. The molecule has 0 amide bonds. The van der Waals surface area contributed by atoms with Gasteiger partial charge in [-0.2, -0.15) is 0 Å². The molecule has 3 atom stereocenters. The van der Waals surface area contributed by atoms with Crippen molar-refractivity contribution < 1.29 is 5.11 Å². The number of hydrogen-bond acceptors (Lipinski definition) is 2. The van der Waals surface area contributed by atoms with Gasteiger partial charge in [0.15, 0.2) is 0 Å². The van der Waals surface area contributed by atoms with Crippen molar-refractivity contribution >= 4 is 5.69 Å². The first-order valence-corrected chi connectivity index (χ1v) is 8.22. The van der Waals surface area contributed by atoms with Crippen molar-refractivity contribution in [2.45, 2.75) is 52.1 Å². The first kappa shape index (κ1) is 15.4. The molecule has 0 aromatic heterocycles. The minimum Gasteiger partial charge on any atom is -0.393 e. The van der Waals surface area contributed by atoms with Gasteiger partial charge in [0.2, 0.25) is 0 Å². The van der Waals surface area contributed by atoms with Crippen LogP contribution < -0.4 is 4.90 Å². The molecule has 3 unspecified atom stereocenters. The van der Waals surface area contributed by atoms with Gasteiger partial charge >= 0.3 is 0 Å². The summed E-state index contributed by atoms with van der Waals surface area (Å²) in [4.78, 5) is 2.40. The van der Waals surface area contributed by atoms with Gasteiger partial charge in [0, 0.05) is 24.7 Å². The molecule has 0 radical (unpaired) electrons. The van der Waals surface area contributed by atoms with E-state index in [-0.39, 0.29) is 6.10 Å². The highest BCUT2D eigenvalue weighted by molar-refractivity contribution is 5.45. The van der Waals surface area contributed by atoms with Crippen molar-refractivity contribution in [3.05, 3.63) is 30.3 Å². The summed E-state index contributed by atoms with van der Waals surface area (Å²) < 4.78 is 0. The Bertz CT molecular complexity index is 378. The predicted octanol–water partition coefficient (Wildman–Crippen LogP) is 4.09. The topological polar surface area (TPSA) is 23.5 Å². The van der Waals surface area contributed by atoms with Crippen LogP contribution in [-0.4, -0.2) is 24.3 Å². The molecule has 0 spiro atoms. The van der Waals surface area contributed by atoms with Crippen molar-refractivity contribution in [1.82, 2.24) is 0 Å². The largest absolute Gasteiger partial charge is 0.393 e. The second-order valence-corrected chi connectivity index (χ2v) is 6.17. The molecule has 0 bridgehead atoms. The molecule has 1 N–H and O–H groups in total. The summed E-state index contributed by atoms with van der Waals surface area (Å²) in [6, 6.07) is 10.6. The fraction of sp³-hybridized carbons (Fsp3) is 0.667. The van der Waals surface area contributed by atoms with Gasteiger partial charge in [0.1, 0.15) is 0 Å². The Morgan fingerprint density at radius 2 is 1.90 bits per heavy atom. The maximum absolute atomic E-state index is 10.3. The van der Waals surface area contributed by atoms with Crippen molar-refractivity contribution in [3.8, 4) is 0 Å². The summed E-state index contributed by atoms with van der Waals surface area (Å²) in [5.74, 6) is 1.25. The van der Waals surface area contributed by atoms with Crippen LogP contribution in [0.1, 0.15) is 46.0 Å². The molecular weight excluding hydrogens is 246 g/mol. The van der Waals surface area contributed by atoms with Crippen molar-refractivity contribution in [2.75, 3.05) is 18.0 Å². The van der Waals surface area contributed by atoms with Crippen LogP contribution in [0.15, 0.2) is 30.3 Å². The number of aliphatic hydroxyl groups excluding tert-OH is 1. The van der Waals surface area contributed by atoms with Gasteiger partial charge in [-0.3, -0.25) is 0 Å². The standard InChI is InChI=1S/C18H29NO/c1-3-8-15-11-12-18(20)16(13-15)14-19(4-2)17-9-6-5-7-10-17/h5-7,9-10,15-16,18,20H,3-4,8,11-14H2,1-2H3.